The van der Waals surface area contributed by atoms with E-state index in [1.165, 1.54) is 32.1 Å². The summed E-state index contributed by atoms with van der Waals surface area (Å²) in [5, 5.41) is 9.63. The summed E-state index contributed by atoms with van der Waals surface area (Å²) in [5.74, 6) is 0.476. The van der Waals surface area contributed by atoms with Crippen molar-refractivity contribution in [3.05, 3.63) is 0 Å². The maximum Gasteiger partial charge on any atom is 0.0716 e. The van der Waals surface area contributed by atoms with Gasteiger partial charge in [0.15, 0.2) is 0 Å². The van der Waals surface area contributed by atoms with Crippen LogP contribution >= 0.6 is 0 Å². The minimum atomic E-state index is -0.268. The van der Waals surface area contributed by atoms with Gasteiger partial charge >= 0.3 is 0 Å². The van der Waals surface area contributed by atoms with Crippen LogP contribution in [0.15, 0.2) is 0 Å². The Balaban J connectivity index is 2.32. The van der Waals surface area contributed by atoms with Gasteiger partial charge in [-0.15, -0.1) is 0 Å². The molecule has 0 aliphatic heterocycles. The van der Waals surface area contributed by atoms with Crippen molar-refractivity contribution in [3.8, 4) is 0 Å². The fraction of sp³-hybridized carbons (Fsp3) is 1.00. The number of aliphatic hydroxyl groups excluding tert-OH is 1. The smallest absolute Gasteiger partial charge is 0.0716 e. The Morgan fingerprint density at radius 3 is 2.27 bits per heavy atom. The van der Waals surface area contributed by atoms with E-state index >= 15 is 0 Å². The first-order valence-electron chi connectivity index (χ1n) is 4.65. The summed E-state index contributed by atoms with van der Waals surface area (Å²) in [5.41, 5.74) is 5.62. The lowest BCUT2D eigenvalue weighted by Crippen LogP contribution is -2.38. The van der Waals surface area contributed by atoms with Gasteiger partial charge in [0.25, 0.3) is 0 Å². The molecule has 0 aromatic rings. The van der Waals surface area contributed by atoms with E-state index in [1.807, 2.05) is 6.92 Å². The van der Waals surface area contributed by atoms with E-state index in [4.69, 9.17) is 5.73 Å². The van der Waals surface area contributed by atoms with Crippen molar-refractivity contribution in [2.24, 2.45) is 11.7 Å². The maximum atomic E-state index is 9.63. The molecule has 0 aromatic carbocycles. The van der Waals surface area contributed by atoms with Crippen molar-refractivity contribution in [2.45, 2.75) is 51.2 Å². The highest BCUT2D eigenvalue weighted by atomic mass is 16.3. The predicted octanol–water partition coefficient (Wildman–Crippen LogP) is 1.27. The van der Waals surface area contributed by atoms with Gasteiger partial charge in [-0.25, -0.2) is 0 Å². The van der Waals surface area contributed by atoms with E-state index in [2.05, 4.69) is 0 Å². The lowest BCUT2D eigenvalue weighted by Gasteiger charge is -2.28. The summed E-state index contributed by atoms with van der Waals surface area (Å²) in [4.78, 5) is 0. The molecule has 11 heavy (non-hydrogen) atoms. The molecule has 1 saturated carbocycles. The average molecular weight is 157 g/mol. The monoisotopic (exact) mass is 157 g/mol. The molecule has 1 aliphatic rings. The molecular formula is C9H19NO. The highest BCUT2D eigenvalue weighted by Gasteiger charge is 2.23. The second kappa shape index (κ2) is 4.07. The van der Waals surface area contributed by atoms with Crippen LogP contribution in [0.2, 0.25) is 0 Å². The van der Waals surface area contributed by atoms with Crippen LogP contribution in [0, 0.1) is 5.92 Å². The van der Waals surface area contributed by atoms with Crippen LogP contribution in [0.3, 0.4) is 0 Å². The van der Waals surface area contributed by atoms with Gasteiger partial charge in [0, 0.05) is 6.04 Å². The Bertz CT molecular complexity index is 108. The van der Waals surface area contributed by atoms with Gasteiger partial charge in [0.05, 0.1) is 6.10 Å². The van der Waals surface area contributed by atoms with Gasteiger partial charge < -0.3 is 10.8 Å². The number of hydrogen-bond acceptors (Lipinski definition) is 2. The maximum absolute atomic E-state index is 9.63. The number of nitrogens with two attached hydrogens (primary N) is 1. The largest absolute Gasteiger partial charge is 0.391 e. The van der Waals surface area contributed by atoms with Gasteiger partial charge in [0.1, 0.15) is 0 Å². The van der Waals surface area contributed by atoms with E-state index < -0.39 is 0 Å². The van der Waals surface area contributed by atoms with E-state index in [9.17, 15) is 5.11 Å². The minimum absolute atomic E-state index is 0.0573. The Kier molecular flexibility index (Phi) is 3.34. The van der Waals surface area contributed by atoms with Crippen molar-refractivity contribution >= 4 is 0 Å². The average Bonchev–Trinajstić information content (AvgIpc) is 2.05. The molecule has 0 heterocycles. The Labute approximate surface area is 68.8 Å². The van der Waals surface area contributed by atoms with Gasteiger partial charge in [-0.3, -0.25) is 0 Å². The highest BCUT2D eigenvalue weighted by molar-refractivity contribution is 4.78. The lowest BCUT2D eigenvalue weighted by molar-refractivity contribution is 0.0670. The highest BCUT2D eigenvalue weighted by Crippen LogP contribution is 2.27. The first-order chi connectivity index (χ1) is 5.22. The third kappa shape index (κ3) is 2.46. The van der Waals surface area contributed by atoms with Crippen LogP contribution in [-0.4, -0.2) is 17.3 Å². The second-order valence-corrected chi connectivity index (χ2v) is 3.75. The van der Waals surface area contributed by atoms with Crippen molar-refractivity contribution < 1.29 is 5.11 Å². The molecular weight excluding hydrogens is 138 g/mol. The molecule has 1 fully saturated rings. The van der Waals surface area contributed by atoms with Gasteiger partial charge in [0.2, 0.25) is 0 Å². The first-order valence-corrected chi connectivity index (χ1v) is 4.65. The van der Waals surface area contributed by atoms with Gasteiger partial charge in [-0.05, 0) is 25.7 Å². The quantitative estimate of drug-likeness (QED) is 0.634. The molecule has 0 unspecified atom stereocenters. The topological polar surface area (TPSA) is 46.2 Å². The number of hydrogen-bond donors (Lipinski definition) is 2. The van der Waals surface area contributed by atoms with Crippen LogP contribution in [0.5, 0.6) is 0 Å². The first kappa shape index (κ1) is 9.01. The Morgan fingerprint density at radius 2 is 1.82 bits per heavy atom. The van der Waals surface area contributed by atoms with Crippen molar-refractivity contribution in [2.75, 3.05) is 0 Å². The van der Waals surface area contributed by atoms with Gasteiger partial charge in [-0.2, -0.15) is 0 Å². The molecule has 2 nitrogen and oxygen atoms in total. The molecule has 0 aromatic heterocycles. The molecule has 66 valence electrons. The van der Waals surface area contributed by atoms with Gasteiger partial charge in [-0.1, -0.05) is 19.3 Å². The third-order valence-electron chi connectivity index (χ3n) is 2.67. The molecule has 0 saturated heterocycles. The molecule has 0 amide bonds. The van der Waals surface area contributed by atoms with Crippen LogP contribution in [0.4, 0.5) is 0 Å². The van der Waals surface area contributed by atoms with E-state index in [0.29, 0.717) is 5.92 Å². The van der Waals surface area contributed by atoms with Crippen molar-refractivity contribution in [3.63, 3.8) is 0 Å². The molecule has 0 spiro atoms. The van der Waals surface area contributed by atoms with Crippen molar-refractivity contribution in [1.29, 1.82) is 0 Å². The standard InChI is InChI=1S/C9H19NO/c1-7(10)9(11)8-5-3-2-4-6-8/h7-9,11H,2-6,10H2,1H3/t7-,9+/m1/s1. The zero-order chi connectivity index (χ0) is 8.27. The second-order valence-electron chi connectivity index (χ2n) is 3.75. The zero-order valence-electron chi connectivity index (χ0n) is 7.29. The summed E-state index contributed by atoms with van der Waals surface area (Å²) in [6.45, 7) is 1.89. The Hall–Kier alpha value is -0.0800. The van der Waals surface area contributed by atoms with Crippen LogP contribution in [0.1, 0.15) is 39.0 Å². The van der Waals surface area contributed by atoms with E-state index in [1.54, 1.807) is 0 Å². The molecule has 0 bridgehead atoms. The normalized spacial score (nSPS) is 26.5. The molecule has 1 rings (SSSR count). The predicted molar refractivity (Wildman–Crippen MR) is 46.2 cm³/mol. The summed E-state index contributed by atoms with van der Waals surface area (Å²) >= 11 is 0. The van der Waals surface area contributed by atoms with Crippen LogP contribution in [-0.2, 0) is 0 Å². The molecule has 2 heteroatoms. The summed E-state index contributed by atoms with van der Waals surface area (Å²) < 4.78 is 0. The van der Waals surface area contributed by atoms with Crippen LogP contribution < -0.4 is 5.73 Å². The number of rotatable bonds is 2. The third-order valence-corrected chi connectivity index (χ3v) is 2.67. The SMILES string of the molecule is C[C@@H](N)[C@H](O)C1CCCCC1. The molecule has 1 aliphatic carbocycles. The van der Waals surface area contributed by atoms with Crippen LogP contribution in [0.25, 0.3) is 0 Å². The summed E-state index contributed by atoms with van der Waals surface area (Å²) in [7, 11) is 0. The summed E-state index contributed by atoms with van der Waals surface area (Å²) in [6, 6.07) is -0.0573. The minimum Gasteiger partial charge on any atom is -0.391 e. The lowest BCUT2D eigenvalue weighted by atomic mass is 9.83. The Morgan fingerprint density at radius 1 is 1.27 bits per heavy atom. The molecule has 2 atom stereocenters. The fourth-order valence-electron chi connectivity index (χ4n) is 1.90. The van der Waals surface area contributed by atoms with E-state index in [0.717, 1.165) is 0 Å². The number of aliphatic hydroxyl groups is 1. The molecule has 0 radical (unpaired) electrons. The zero-order valence-corrected chi connectivity index (χ0v) is 7.29. The summed E-state index contributed by atoms with van der Waals surface area (Å²) in [6.07, 6.45) is 5.95. The fourth-order valence-corrected chi connectivity index (χ4v) is 1.90. The van der Waals surface area contributed by atoms with Crippen molar-refractivity contribution in [1.82, 2.24) is 0 Å². The van der Waals surface area contributed by atoms with E-state index in [-0.39, 0.29) is 12.1 Å². The molecule has 3 N–H and O–H groups in total.